The van der Waals surface area contributed by atoms with Gasteiger partial charge < -0.3 is 9.80 Å². The number of carbonyl (C=O) groups excluding carboxylic acids is 1. The van der Waals surface area contributed by atoms with Crippen LogP contribution in [0.15, 0.2) is 54.6 Å². The molecule has 27 heavy (non-hydrogen) atoms. The van der Waals surface area contributed by atoms with Crippen LogP contribution in [-0.4, -0.2) is 54.5 Å². The number of para-hydroxylation sites is 1. The van der Waals surface area contributed by atoms with Crippen molar-refractivity contribution in [2.45, 2.75) is 25.4 Å². The molecule has 2 saturated heterocycles. The maximum Gasteiger partial charge on any atom is 0.240 e. The number of carbonyl (C=O) groups is 1. The van der Waals surface area contributed by atoms with Gasteiger partial charge in [0.25, 0.3) is 0 Å². The van der Waals surface area contributed by atoms with Gasteiger partial charge in [0.15, 0.2) is 0 Å². The lowest BCUT2D eigenvalue weighted by atomic mass is 10.1. The molecule has 4 nitrogen and oxygen atoms in total. The topological polar surface area (TPSA) is 26.8 Å². The highest BCUT2D eigenvalue weighted by Gasteiger charge is 2.35. The minimum Gasteiger partial charge on any atom is -0.368 e. The molecule has 0 aliphatic carbocycles. The number of piperazine rings is 1. The monoisotopic (exact) mass is 367 g/mol. The molecule has 0 bridgehead atoms. The van der Waals surface area contributed by atoms with E-state index in [0.717, 1.165) is 45.6 Å². The van der Waals surface area contributed by atoms with E-state index in [0.29, 0.717) is 12.1 Å². The van der Waals surface area contributed by atoms with E-state index in [4.69, 9.17) is 0 Å². The second kappa shape index (κ2) is 8.09. The van der Waals surface area contributed by atoms with Gasteiger partial charge in [-0.1, -0.05) is 36.4 Å². The molecule has 0 spiro atoms. The summed E-state index contributed by atoms with van der Waals surface area (Å²) in [6.07, 6.45) is 1.86. The molecule has 0 radical (unpaired) electrons. The Balaban J connectivity index is 1.37. The van der Waals surface area contributed by atoms with Crippen LogP contribution in [-0.2, 0) is 11.3 Å². The summed E-state index contributed by atoms with van der Waals surface area (Å²) in [4.78, 5) is 19.6. The summed E-state index contributed by atoms with van der Waals surface area (Å²) >= 11 is 0. The van der Waals surface area contributed by atoms with Gasteiger partial charge in [-0.2, -0.15) is 0 Å². The van der Waals surface area contributed by atoms with Gasteiger partial charge in [-0.25, -0.2) is 4.39 Å². The number of hydrogen-bond donors (Lipinski definition) is 0. The van der Waals surface area contributed by atoms with Gasteiger partial charge in [-0.3, -0.25) is 9.69 Å². The lowest BCUT2D eigenvalue weighted by Gasteiger charge is -2.38. The minimum atomic E-state index is -0.188. The van der Waals surface area contributed by atoms with E-state index in [2.05, 4.69) is 21.9 Å². The highest BCUT2D eigenvalue weighted by molar-refractivity contribution is 5.82. The van der Waals surface area contributed by atoms with Gasteiger partial charge in [0.2, 0.25) is 5.91 Å². The largest absolute Gasteiger partial charge is 0.368 e. The minimum absolute atomic E-state index is 0.118. The van der Waals surface area contributed by atoms with Crippen LogP contribution in [0.2, 0.25) is 0 Å². The van der Waals surface area contributed by atoms with Crippen LogP contribution in [0.3, 0.4) is 0 Å². The summed E-state index contributed by atoms with van der Waals surface area (Å²) in [6.45, 7) is 4.57. The van der Waals surface area contributed by atoms with Crippen LogP contribution in [0.5, 0.6) is 0 Å². The number of anilines is 1. The Bertz CT molecular complexity index is 774. The molecule has 2 aromatic rings. The van der Waals surface area contributed by atoms with Crippen LogP contribution < -0.4 is 4.90 Å². The Morgan fingerprint density at radius 2 is 1.63 bits per heavy atom. The van der Waals surface area contributed by atoms with Crippen molar-refractivity contribution in [3.05, 3.63) is 66.0 Å². The van der Waals surface area contributed by atoms with E-state index in [1.54, 1.807) is 6.07 Å². The molecule has 142 valence electrons. The summed E-state index contributed by atoms with van der Waals surface area (Å²) in [5.74, 6) is 0.0172. The molecule has 2 aromatic carbocycles. The van der Waals surface area contributed by atoms with Crippen molar-refractivity contribution in [1.82, 2.24) is 9.80 Å². The van der Waals surface area contributed by atoms with Crippen molar-refractivity contribution in [2.24, 2.45) is 0 Å². The Labute approximate surface area is 160 Å². The predicted octanol–water partition coefficient (Wildman–Crippen LogP) is 3.14. The highest BCUT2D eigenvalue weighted by Crippen LogP contribution is 2.24. The summed E-state index contributed by atoms with van der Waals surface area (Å²) in [5.41, 5.74) is 1.89. The number of nitrogens with zero attached hydrogens (tertiary/aromatic N) is 3. The molecule has 1 unspecified atom stereocenters. The van der Waals surface area contributed by atoms with Crippen LogP contribution in [0.1, 0.15) is 18.4 Å². The third-order valence-electron chi connectivity index (χ3n) is 5.69. The maximum absolute atomic E-state index is 14.0. The summed E-state index contributed by atoms with van der Waals surface area (Å²) in [5, 5.41) is 0. The summed E-state index contributed by atoms with van der Waals surface area (Å²) < 4.78 is 14.0. The van der Waals surface area contributed by atoms with Crippen molar-refractivity contribution in [3.8, 4) is 0 Å². The highest BCUT2D eigenvalue weighted by atomic mass is 19.1. The zero-order valence-corrected chi connectivity index (χ0v) is 15.6. The average Bonchev–Trinajstić information content (AvgIpc) is 3.18. The van der Waals surface area contributed by atoms with E-state index in [1.807, 2.05) is 35.2 Å². The molecule has 0 saturated carbocycles. The third kappa shape index (κ3) is 3.98. The van der Waals surface area contributed by atoms with E-state index in [1.165, 1.54) is 11.8 Å². The molecule has 0 aromatic heterocycles. The first-order valence-corrected chi connectivity index (χ1v) is 9.78. The molecule has 2 aliphatic heterocycles. The zero-order chi connectivity index (χ0) is 18.6. The van der Waals surface area contributed by atoms with Crippen molar-refractivity contribution < 1.29 is 9.18 Å². The number of hydrogen-bond acceptors (Lipinski definition) is 3. The Kier molecular flexibility index (Phi) is 5.39. The van der Waals surface area contributed by atoms with Gasteiger partial charge in [-0.05, 0) is 37.6 Å². The first-order valence-electron chi connectivity index (χ1n) is 9.78. The van der Waals surface area contributed by atoms with Gasteiger partial charge >= 0.3 is 0 Å². The van der Waals surface area contributed by atoms with E-state index >= 15 is 0 Å². The van der Waals surface area contributed by atoms with Crippen molar-refractivity contribution in [3.63, 3.8) is 0 Å². The van der Waals surface area contributed by atoms with Crippen LogP contribution in [0, 0.1) is 5.82 Å². The fraction of sp³-hybridized carbons (Fsp3) is 0.409. The quantitative estimate of drug-likeness (QED) is 0.831. The van der Waals surface area contributed by atoms with Crippen molar-refractivity contribution in [1.29, 1.82) is 0 Å². The number of halogens is 1. The van der Waals surface area contributed by atoms with Gasteiger partial charge in [0.1, 0.15) is 5.82 Å². The molecule has 0 N–H and O–H groups in total. The molecule has 2 aliphatic rings. The molecular formula is C22H26FN3O. The van der Waals surface area contributed by atoms with E-state index < -0.39 is 0 Å². The van der Waals surface area contributed by atoms with Crippen molar-refractivity contribution >= 4 is 11.6 Å². The fourth-order valence-electron chi connectivity index (χ4n) is 4.18. The second-order valence-electron chi connectivity index (χ2n) is 7.37. The summed E-state index contributed by atoms with van der Waals surface area (Å²) in [7, 11) is 0. The first kappa shape index (κ1) is 18.0. The SMILES string of the molecule is O=C(C1CCCN1Cc1ccccc1F)N1CCN(c2ccccc2)CC1. The van der Waals surface area contributed by atoms with E-state index in [-0.39, 0.29) is 17.8 Å². The summed E-state index contributed by atoms with van der Waals surface area (Å²) in [6, 6.07) is 17.1. The zero-order valence-electron chi connectivity index (χ0n) is 15.6. The first-order chi connectivity index (χ1) is 13.2. The maximum atomic E-state index is 14.0. The molecule has 2 fully saturated rings. The molecule has 1 atom stereocenters. The molecular weight excluding hydrogens is 341 g/mol. The third-order valence-corrected chi connectivity index (χ3v) is 5.69. The molecule has 1 amide bonds. The molecule has 4 rings (SSSR count). The number of likely N-dealkylation sites (tertiary alicyclic amines) is 1. The van der Waals surface area contributed by atoms with Crippen LogP contribution in [0.25, 0.3) is 0 Å². The van der Waals surface area contributed by atoms with Crippen molar-refractivity contribution in [2.75, 3.05) is 37.6 Å². The smallest absolute Gasteiger partial charge is 0.240 e. The standard InChI is InChI=1S/C22H26FN3O/c23-20-10-5-4-7-18(20)17-26-12-6-11-21(26)22(27)25-15-13-24(14-16-25)19-8-2-1-3-9-19/h1-5,7-10,21H,6,11-17H2. The molecule has 5 heteroatoms. The number of rotatable bonds is 4. The number of benzene rings is 2. The average molecular weight is 367 g/mol. The molecule has 2 heterocycles. The number of amides is 1. The Morgan fingerprint density at radius 3 is 2.37 bits per heavy atom. The predicted molar refractivity (Wildman–Crippen MR) is 105 cm³/mol. The van der Waals surface area contributed by atoms with Gasteiger partial charge in [-0.15, -0.1) is 0 Å². The lowest BCUT2D eigenvalue weighted by Crippen LogP contribution is -2.53. The van der Waals surface area contributed by atoms with E-state index in [9.17, 15) is 9.18 Å². The lowest BCUT2D eigenvalue weighted by molar-refractivity contribution is -0.136. The van der Waals surface area contributed by atoms with Gasteiger partial charge in [0.05, 0.1) is 6.04 Å². The van der Waals surface area contributed by atoms with Crippen LogP contribution in [0.4, 0.5) is 10.1 Å². The Morgan fingerprint density at radius 1 is 0.926 bits per heavy atom. The van der Waals surface area contributed by atoms with Gasteiger partial charge in [0, 0.05) is 44.0 Å². The second-order valence-corrected chi connectivity index (χ2v) is 7.37. The normalized spacial score (nSPS) is 20.9. The fourth-order valence-corrected chi connectivity index (χ4v) is 4.18. The van der Waals surface area contributed by atoms with Crippen LogP contribution >= 0.6 is 0 Å². The Hall–Kier alpha value is -2.40.